The molecule has 0 radical (unpaired) electrons. The van der Waals surface area contributed by atoms with Gasteiger partial charge in [0.1, 0.15) is 0 Å². The Morgan fingerprint density at radius 2 is 1.62 bits per heavy atom. The smallest absolute Gasteiger partial charge is 0.321 e. The summed E-state index contributed by atoms with van der Waals surface area (Å²) in [6, 6.07) is 16.6. The summed E-state index contributed by atoms with van der Waals surface area (Å²) < 4.78 is 26.9. The number of carbonyl (C=O) groups excluding carboxylic acids is 2. The van der Waals surface area contributed by atoms with Gasteiger partial charge in [-0.2, -0.15) is 0 Å². The number of nitrogens with one attached hydrogen (secondary N) is 2. The minimum Gasteiger partial charge on any atom is -0.355 e. The molecule has 2 aliphatic heterocycles. The summed E-state index contributed by atoms with van der Waals surface area (Å²) in [7, 11) is -3.49. The zero-order chi connectivity index (χ0) is 22.6. The van der Waals surface area contributed by atoms with Crippen LogP contribution in [0.5, 0.6) is 0 Å². The molecule has 9 heteroatoms. The summed E-state index contributed by atoms with van der Waals surface area (Å²) in [5, 5.41) is 5.63. The molecular formula is C23H28N4O4S. The van der Waals surface area contributed by atoms with Gasteiger partial charge < -0.3 is 15.5 Å². The first-order valence-corrected chi connectivity index (χ1v) is 12.5. The molecule has 0 aliphatic carbocycles. The molecule has 0 aromatic heterocycles. The molecule has 1 saturated heterocycles. The Morgan fingerprint density at radius 3 is 2.38 bits per heavy atom. The van der Waals surface area contributed by atoms with E-state index in [4.69, 9.17) is 0 Å². The van der Waals surface area contributed by atoms with Crippen molar-refractivity contribution in [3.05, 3.63) is 60.2 Å². The predicted molar refractivity (Wildman–Crippen MR) is 124 cm³/mol. The minimum absolute atomic E-state index is 0.0779. The van der Waals surface area contributed by atoms with Crippen molar-refractivity contribution in [2.75, 3.05) is 41.6 Å². The van der Waals surface area contributed by atoms with Gasteiger partial charge in [0.2, 0.25) is 15.9 Å². The number of rotatable bonds is 6. The van der Waals surface area contributed by atoms with Gasteiger partial charge in [0.05, 0.1) is 11.4 Å². The number of nitrogens with zero attached hydrogens (tertiary/aromatic N) is 2. The second-order valence-corrected chi connectivity index (χ2v) is 10.1. The quantitative estimate of drug-likeness (QED) is 0.698. The van der Waals surface area contributed by atoms with E-state index in [1.165, 1.54) is 4.31 Å². The second kappa shape index (κ2) is 9.60. The fraction of sp³-hybridized carbons (Fsp3) is 0.391. The van der Waals surface area contributed by atoms with E-state index in [2.05, 4.69) is 10.6 Å². The lowest BCUT2D eigenvalue weighted by Crippen LogP contribution is -2.45. The van der Waals surface area contributed by atoms with Gasteiger partial charge in [0, 0.05) is 37.8 Å². The van der Waals surface area contributed by atoms with Crippen molar-refractivity contribution in [3.8, 4) is 0 Å². The molecule has 0 bridgehead atoms. The number of fused-ring (bicyclic) bond motifs is 1. The number of hydrogen-bond donors (Lipinski definition) is 2. The van der Waals surface area contributed by atoms with Crippen LogP contribution in [0.3, 0.4) is 0 Å². The lowest BCUT2D eigenvalue weighted by molar-refractivity contribution is -0.126. The highest BCUT2D eigenvalue weighted by atomic mass is 32.2. The largest absolute Gasteiger partial charge is 0.355 e. The zero-order valence-corrected chi connectivity index (χ0v) is 18.7. The first kappa shape index (κ1) is 22.1. The molecule has 2 aliphatic rings. The van der Waals surface area contributed by atoms with Crippen molar-refractivity contribution in [1.29, 1.82) is 0 Å². The summed E-state index contributed by atoms with van der Waals surface area (Å²) in [6.45, 7) is 1.49. The first-order chi connectivity index (χ1) is 15.4. The van der Waals surface area contributed by atoms with Crippen LogP contribution in [0.4, 0.5) is 16.2 Å². The average Bonchev–Trinajstić information content (AvgIpc) is 3.25. The second-order valence-electron chi connectivity index (χ2n) is 8.12. The zero-order valence-electron chi connectivity index (χ0n) is 17.9. The molecule has 2 aromatic carbocycles. The molecule has 2 heterocycles. The van der Waals surface area contributed by atoms with Crippen LogP contribution in [0.1, 0.15) is 18.4 Å². The normalized spacial score (nSPS) is 16.5. The van der Waals surface area contributed by atoms with Crippen LogP contribution in [-0.2, 0) is 21.2 Å². The summed E-state index contributed by atoms with van der Waals surface area (Å²) >= 11 is 0. The number of anilines is 2. The summed E-state index contributed by atoms with van der Waals surface area (Å²) in [6.07, 6.45) is 1.82. The number of carbonyl (C=O) groups is 2. The van der Waals surface area contributed by atoms with E-state index in [0.29, 0.717) is 38.9 Å². The first-order valence-electron chi connectivity index (χ1n) is 10.9. The molecule has 1 fully saturated rings. The van der Waals surface area contributed by atoms with Gasteiger partial charge in [-0.15, -0.1) is 0 Å². The van der Waals surface area contributed by atoms with E-state index in [1.54, 1.807) is 4.90 Å². The number of hydrogen-bond acceptors (Lipinski definition) is 4. The molecule has 3 amide bonds. The highest BCUT2D eigenvalue weighted by Gasteiger charge is 2.30. The maximum atomic E-state index is 12.7. The Morgan fingerprint density at radius 1 is 0.938 bits per heavy atom. The van der Waals surface area contributed by atoms with Gasteiger partial charge in [-0.05, 0) is 43.0 Å². The molecule has 32 heavy (non-hydrogen) atoms. The molecule has 0 spiro atoms. The topological polar surface area (TPSA) is 98.8 Å². The van der Waals surface area contributed by atoms with Gasteiger partial charge >= 0.3 is 6.03 Å². The summed E-state index contributed by atoms with van der Waals surface area (Å²) in [5.74, 6) is -0.498. The van der Waals surface area contributed by atoms with E-state index in [-0.39, 0.29) is 30.2 Å². The molecule has 170 valence electrons. The van der Waals surface area contributed by atoms with Gasteiger partial charge in [-0.25, -0.2) is 13.2 Å². The molecule has 0 unspecified atom stereocenters. The molecule has 2 aromatic rings. The standard InChI is InChI=1S/C23H28N4O4S/c28-22(19-10-14-26(15-11-19)23(29)25-20-7-2-1-3-8-20)24-13-17-32(30,31)27-16-12-18-6-4-5-9-21(18)27/h1-9,19H,10-17H2,(H,24,28)(H,25,29). The minimum atomic E-state index is -3.49. The van der Waals surface area contributed by atoms with Crippen LogP contribution in [-0.4, -0.2) is 57.2 Å². The maximum absolute atomic E-state index is 12.7. The Kier molecular flexibility index (Phi) is 6.64. The van der Waals surface area contributed by atoms with Crippen LogP contribution < -0.4 is 14.9 Å². The number of likely N-dealkylation sites (tertiary alicyclic amines) is 1. The third-order valence-corrected chi connectivity index (χ3v) is 7.79. The van der Waals surface area contributed by atoms with E-state index < -0.39 is 10.0 Å². The maximum Gasteiger partial charge on any atom is 0.321 e. The molecule has 0 atom stereocenters. The predicted octanol–water partition coefficient (Wildman–Crippen LogP) is 2.44. The molecule has 2 N–H and O–H groups in total. The Labute approximate surface area is 188 Å². The Bertz CT molecular complexity index is 1070. The van der Waals surface area contributed by atoms with Crippen LogP contribution in [0, 0.1) is 5.92 Å². The molecule has 8 nitrogen and oxygen atoms in total. The van der Waals surface area contributed by atoms with Gasteiger partial charge in [0.25, 0.3) is 0 Å². The fourth-order valence-corrected chi connectivity index (χ4v) is 5.65. The van der Waals surface area contributed by atoms with Crippen LogP contribution in [0.25, 0.3) is 0 Å². The highest BCUT2D eigenvalue weighted by Crippen LogP contribution is 2.29. The van der Waals surface area contributed by atoms with Crippen LogP contribution in [0.2, 0.25) is 0 Å². The number of urea groups is 1. The van der Waals surface area contributed by atoms with Crippen molar-refractivity contribution < 1.29 is 18.0 Å². The van der Waals surface area contributed by atoms with E-state index >= 15 is 0 Å². The van der Waals surface area contributed by atoms with E-state index in [9.17, 15) is 18.0 Å². The van der Waals surface area contributed by atoms with Crippen molar-refractivity contribution >= 4 is 33.3 Å². The average molecular weight is 457 g/mol. The molecule has 4 rings (SSSR count). The van der Waals surface area contributed by atoms with E-state index in [0.717, 1.165) is 16.9 Å². The Hall–Kier alpha value is -3.07. The van der Waals surface area contributed by atoms with Crippen molar-refractivity contribution in [2.24, 2.45) is 5.92 Å². The van der Waals surface area contributed by atoms with Crippen LogP contribution in [0.15, 0.2) is 54.6 Å². The third kappa shape index (κ3) is 5.04. The molecule has 0 saturated carbocycles. The summed E-state index contributed by atoms with van der Waals surface area (Å²) in [4.78, 5) is 26.6. The lowest BCUT2D eigenvalue weighted by Gasteiger charge is -2.31. The number of sulfonamides is 1. The number of benzene rings is 2. The van der Waals surface area contributed by atoms with Crippen molar-refractivity contribution in [3.63, 3.8) is 0 Å². The monoisotopic (exact) mass is 456 g/mol. The van der Waals surface area contributed by atoms with E-state index in [1.807, 2.05) is 54.6 Å². The van der Waals surface area contributed by atoms with Gasteiger partial charge in [-0.1, -0.05) is 36.4 Å². The van der Waals surface area contributed by atoms with Crippen molar-refractivity contribution in [2.45, 2.75) is 19.3 Å². The third-order valence-electron chi connectivity index (χ3n) is 6.02. The summed E-state index contributed by atoms with van der Waals surface area (Å²) in [5.41, 5.74) is 2.50. The fourth-order valence-electron chi connectivity index (χ4n) is 4.22. The number of amides is 3. The van der Waals surface area contributed by atoms with Crippen LogP contribution >= 0.6 is 0 Å². The van der Waals surface area contributed by atoms with Crippen molar-refractivity contribution in [1.82, 2.24) is 10.2 Å². The Balaban J connectivity index is 1.21. The number of piperidine rings is 1. The SMILES string of the molecule is O=C(NCCS(=O)(=O)N1CCc2ccccc21)C1CCN(C(=O)Nc2ccccc2)CC1. The number of para-hydroxylation sites is 2. The lowest BCUT2D eigenvalue weighted by atomic mass is 9.96. The van der Waals surface area contributed by atoms with Gasteiger partial charge in [0.15, 0.2) is 0 Å². The highest BCUT2D eigenvalue weighted by molar-refractivity contribution is 7.92. The van der Waals surface area contributed by atoms with Gasteiger partial charge in [-0.3, -0.25) is 9.10 Å². The molecular weight excluding hydrogens is 428 g/mol.